The first-order chi connectivity index (χ1) is 12.7. The molecule has 1 rings (SSSR count). The number of carbonyl (C=O) groups excluding carboxylic acids is 1. The lowest BCUT2D eigenvalue weighted by Gasteiger charge is -2.04. The van der Waals surface area contributed by atoms with Crippen molar-refractivity contribution in [3.8, 4) is 23.7 Å². The summed E-state index contributed by atoms with van der Waals surface area (Å²) in [5.74, 6) is 10.9. The largest absolute Gasteiger partial charge is 0.462 e. The minimum Gasteiger partial charge on any atom is -0.462 e. The summed E-state index contributed by atoms with van der Waals surface area (Å²) in [6.45, 7) is 6.46. The van der Waals surface area contributed by atoms with E-state index in [0.717, 1.165) is 22.6 Å². The number of thiophene rings is 1. The van der Waals surface area contributed by atoms with Gasteiger partial charge in [-0.25, -0.2) is 4.79 Å². The van der Waals surface area contributed by atoms with Gasteiger partial charge in [0.05, 0.1) is 17.0 Å². The highest BCUT2D eigenvalue weighted by Crippen LogP contribution is 2.22. The van der Waals surface area contributed by atoms with E-state index in [9.17, 15) is 4.79 Å². The van der Waals surface area contributed by atoms with Crippen molar-refractivity contribution in [2.24, 2.45) is 0 Å². The Morgan fingerprint density at radius 1 is 1.00 bits per heavy atom. The highest BCUT2D eigenvalue weighted by Gasteiger charge is 2.14. The van der Waals surface area contributed by atoms with Gasteiger partial charge in [-0.3, -0.25) is 0 Å². The zero-order valence-corrected chi connectivity index (χ0v) is 17.4. The first kappa shape index (κ1) is 22.3. The third-order valence-electron chi connectivity index (χ3n) is 4.17. The number of esters is 1. The Morgan fingerprint density at radius 2 is 1.62 bits per heavy atom. The Kier molecular flexibility index (Phi) is 12.4. The topological polar surface area (TPSA) is 26.3 Å². The van der Waals surface area contributed by atoms with Crippen LogP contribution in [0.2, 0.25) is 0 Å². The lowest BCUT2D eigenvalue weighted by atomic mass is 10.1. The Bertz CT molecular complexity index is 649. The minimum absolute atomic E-state index is 0.265. The molecule has 0 atom stereocenters. The third-order valence-corrected chi connectivity index (χ3v) is 5.14. The molecule has 1 heterocycles. The summed E-state index contributed by atoms with van der Waals surface area (Å²) in [4.78, 5) is 14.1. The maximum absolute atomic E-state index is 12.3. The Balaban J connectivity index is 2.19. The van der Waals surface area contributed by atoms with Crippen LogP contribution in [0.3, 0.4) is 0 Å². The van der Waals surface area contributed by atoms with Crippen LogP contribution in [0.5, 0.6) is 0 Å². The van der Waals surface area contributed by atoms with Crippen LogP contribution in [-0.2, 0) is 4.74 Å². The fourth-order valence-corrected chi connectivity index (χ4v) is 3.59. The van der Waals surface area contributed by atoms with E-state index in [-0.39, 0.29) is 5.97 Å². The van der Waals surface area contributed by atoms with Crippen molar-refractivity contribution in [3.05, 3.63) is 21.4 Å². The number of hydrogen-bond acceptors (Lipinski definition) is 3. The van der Waals surface area contributed by atoms with Crippen LogP contribution in [0.15, 0.2) is 6.07 Å². The van der Waals surface area contributed by atoms with Gasteiger partial charge in [-0.2, -0.15) is 0 Å². The van der Waals surface area contributed by atoms with Crippen LogP contribution >= 0.6 is 11.3 Å². The highest BCUT2D eigenvalue weighted by molar-refractivity contribution is 7.12. The molecule has 1 aromatic heterocycles. The average molecular weight is 373 g/mol. The van der Waals surface area contributed by atoms with Crippen molar-refractivity contribution in [2.45, 2.75) is 85.0 Å². The number of hydrogen-bond donors (Lipinski definition) is 0. The molecule has 0 fully saturated rings. The predicted octanol–water partition coefficient (Wildman–Crippen LogP) is 6.51. The van der Waals surface area contributed by atoms with Crippen LogP contribution in [0, 0.1) is 30.6 Å². The third kappa shape index (κ3) is 9.69. The quantitative estimate of drug-likeness (QED) is 0.237. The molecule has 0 saturated heterocycles. The zero-order valence-electron chi connectivity index (χ0n) is 16.6. The number of aryl methyl sites for hydroxylation is 1. The first-order valence-electron chi connectivity index (χ1n) is 9.89. The van der Waals surface area contributed by atoms with Crippen LogP contribution in [0.1, 0.15) is 98.2 Å². The van der Waals surface area contributed by atoms with Gasteiger partial charge in [0.25, 0.3) is 0 Å². The number of unbranched alkanes of at least 4 members (excludes halogenated alkanes) is 9. The van der Waals surface area contributed by atoms with Crippen molar-refractivity contribution >= 4 is 17.3 Å². The molecular formula is C23H32O2S. The van der Waals surface area contributed by atoms with E-state index < -0.39 is 0 Å². The average Bonchev–Trinajstić information content (AvgIpc) is 3.00. The Morgan fingerprint density at radius 3 is 2.23 bits per heavy atom. The van der Waals surface area contributed by atoms with Crippen LogP contribution < -0.4 is 0 Å². The molecule has 0 aliphatic rings. The molecule has 0 radical (unpaired) electrons. The summed E-state index contributed by atoms with van der Waals surface area (Å²) in [5.41, 5.74) is 0.574. The summed E-state index contributed by atoms with van der Waals surface area (Å²) in [6, 6.07) is 1.86. The minimum atomic E-state index is -0.265. The van der Waals surface area contributed by atoms with Crippen molar-refractivity contribution in [3.63, 3.8) is 0 Å². The molecule has 2 nitrogen and oxygen atoms in total. The van der Waals surface area contributed by atoms with E-state index in [0.29, 0.717) is 12.2 Å². The van der Waals surface area contributed by atoms with E-state index in [1.165, 1.54) is 62.7 Å². The van der Waals surface area contributed by atoms with E-state index in [1.54, 1.807) is 6.92 Å². The molecule has 0 bridgehead atoms. The molecule has 26 heavy (non-hydrogen) atoms. The molecule has 0 saturated carbocycles. The number of carbonyl (C=O) groups is 1. The summed E-state index contributed by atoms with van der Waals surface area (Å²) in [5, 5.41) is 0. The van der Waals surface area contributed by atoms with Crippen LogP contribution in [-0.4, -0.2) is 12.6 Å². The molecule has 0 aromatic carbocycles. The number of rotatable bonds is 12. The Hall–Kier alpha value is -1.71. The maximum atomic E-state index is 12.3. The van der Waals surface area contributed by atoms with E-state index in [4.69, 9.17) is 4.74 Å². The number of ether oxygens (including phenoxy) is 1. The van der Waals surface area contributed by atoms with Gasteiger partial charge in [0, 0.05) is 4.88 Å². The molecule has 0 unspecified atom stereocenters. The first-order valence-corrected chi connectivity index (χ1v) is 10.7. The smallest absolute Gasteiger partial charge is 0.340 e. The summed E-state index contributed by atoms with van der Waals surface area (Å²) >= 11 is 1.51. The summed E-state index contributed by atoms with van der Waals surface area (Å²) < 4.78 is 5.42. The molecule has 0 spiro atoms. The van der Waals surface area contributed by atoms with Crippen LogP contribution in [0.4, 0.5) is 0 Å². The fourth-order valence-electron chi connectivity index (χ4n) is 2.74. The van der Waals surface area contributed by atoms with Gasteiger partial charge in [0.15, 0.2) is 0 Å². The van der Waals surface area contributed by atoms with Crippen molar-refractivity contribution in [2.75, 3.05) is 6.61 Å². The van der Waals surface area contributed by atoms with Gasteiger partial charge in [0.2, 0.25) is 0 Å². The SMILES string of the molecule is CC#CC#Cc1sc(C)cc1C(=O)OCCCCCCCCCCCC. The van der Waals surface area contributed by atoms with Gasteiger partial charge in [0.1, 0.15) is 0 Å². The van der Waals surface area contributed by atoms with Gasteiger partial charge < -0.3 is 4.74 Å². The standard InChI is InChI=1S/C23H32O2S/c1-4-6-8-9-10-11-12-13-14-16-18-25-23(24)21-19-20(3)26-22(21)17-15-7-5-2/h19H,4,6,8-14,16,18H2,1-3H3. The molecule has 0 N–H and O–H groups in total. The second-order valence-electron chi connectivity index (χ2n) is 6.54. The van der Waals surface area contributed by atoms with Crippen molar-refractivity contribution in [1.82, 2.24) is 0 Å². The maximum Gasteiger partial charge on any atom is 0.340 e. The van der Waals surface area contributed by atoms with Crippen molar-refractivity contribution in [1.29, 1.82) is 0 Å². The van der Waals surface area contributed by atoms with Crippen molar-refractivity contribution < 1.29 is 9.53 Å². The molecule has 0 aliphatic heterocycles. The van der Waals surface area contributed by atoms with E-state index in [2.05, 4.69) is 30.6 Å². The molecule has 1 aromatic rings. The lowest BCUT2D eigenvalue weighted by molar-refractivity contribution is 0.0498. The monoisotopic (exact) mass is 372 g/mol. The summed E-state index contributed by atoms with van der Waals surface area (Å²) in [7, 11) is 0. The molecule has 3 heteroatoms. The normalized spacial score (nSPS) is 9.81. The van der Waals surface area contributed by atoms with E-state index >= 15 is 0 Å². The summed E-state index contributed by atoms with van der Waals surface area (Å²) in [6.07, 6.45) is 12.7. The van der Waals surface area contributed by atoms with E-state index in [1.807, 2.05) is 13.0 Å². The highest BCUT2D eigenvalue weighted by atomic mass is 32.1. The van der Waals surface area contributed by atoms with Gasteiger partial charge in [-0.1, -0.05) is 70.6 Å². The van der Waals surface area contributed by atoms with Gasteiger partial charge >= 0.3 is 5.97 Å². The van der Waals surface area contributed by atoms with Crippen LogP contribution in [0.25, 0.3) is 0 Å². The Labute approximate surface area is 163 Å². The molecular weight excluding hydrogens is 340 g/mol. The fraction of sp³-hybridized carbons (Fsp3) is 0.609. The second kappa shape index (κ2) is 14.5. The predicted molar refractivity (Wildman–Crippen MR) is 112 cm³/mol. The lowest BCUT2D eigenvalue weighted by Crippen LogP contribution is -2.06. The molecule has 142 valence electrons. The van der Waals surface area contributed by atoms with Gasteiger partial charge in [-0.15, -0.1) is 11.3 Å². The molecule has 0 aliphatic carbocycles. The molecule has 0 amide bonds. The zero-order chi connectivity index (χ0) is 19.0. The second-order valence-corrected chi connectivity index (χ2v) is 7.80. The van der Waals surface area contributed by atoms with Gasteiger partial charge in [-0.05, 0) is 44.1 Å².